The van der Waals surface area contributed by atoms with Crippen molar-refractivity contribution in [3.8, 4) is 11.3 Å². The Morgan fingerprint density at radius 2 is 1.85 bits per heavy atom. The molecule has 0 amide bonds. The Balaban J connectivity index is 1.87. The second kappa shape index (κ2) is 6.47. The normalized spacial score (nSPS) is 14.6. The summed E-state index contributed by atoms with van der Waals surface area (Å²) >= 11 is 0. The van der Waals surface area contributed by atoms with Crippen LogP contribution in [0.2, 0.25) is 0 Å². The van der Waals surface area contributed by atoms with E-state index < -0.39 is 0 Å². The third kappa shape index (κ3) is 2.72. The maximum Gasteiger partial charge on any atom is 0.0757 e. The van der Waals surface area contributed by atoms with Gasteiger partial charge in [-0.05, 0) is 53.9 Å². The lowest BCUT2D eigenvalue weighted by atomic mass is 9.89. The fourth-order valence-electron chi connectivity index (χ4n) is 4.47. The van der Waals surface area contributed by atoms with Crippen molar-refractivity contribution in [1.82, 2.24) is 9.88 Å². The Labute approximate surface area is 160 Å². The molecule has 0 atom stereocenters. The van der Waals surface area contributed by atoms with Crippen LogP contribution in [0, 0.1) is 6.92 Å². The third-order valence-corrected chi connectivity index (χ3v) is 5.89. The van der Waals surface area contributed by atoms with Gasteiger partial charge >= 0.3 is 0 Å². The zero-order valence-electron chi connectivity index (χ0n) is 16.0. The van der Waals surface area contributed by atoms with E-state index in [-0.39, 0.29) is 0 Å². The van der Waals surface area contributed by atoms with Crippen molar-refractivity contribution in [2.24, 2.45) is 0 Å². The van der Waals surface area contributed by atoms with Crippen molar-refractivity contribution < 1.29 is 0 Å². The van der Waals surface area contributed by atoms with E-state index in [1.807, 2.05) is 0 Å². The first kappa shape index (κ1) is 16.5. The van der Waals surface area contributed by atoms with Crippen LogP contribution in [0.3, 0.4) is 0 Å². The second-order valence-corrected chi connectivity index (χ2v) is 7.59. The van der Waals surface area contributed by atoms with Gasteiger partial charge in [-0.15, -0.1) is 0 Å². The molecule has 2 heteroatoms. The summed E-state index contributed by atoms with van der Waals surface area (Å²) in [6, 6.07) is 21.9. The monoisotopic (exact) mass is 352 g/mol. The Hall–Kier alpha value is -2.71. The Morgan fingerprint density at radius 1 is 0.963 bits per heavy atom. The number of benzene rings is 3. The summed E-state index contributed by atoms with van der Waals surface area (Å²) in [5.74, 6) is 0. The van der Waals surface area contributed by atoms with Gasteiger partial charge in [0.15, 0.2) is 0 Å². The summed E-state index contributed by atoms with van der Waals surface area (Å²) in [6.07, 6.45) is 1.09. The molecule has 27 heavy (non-hydrogen) atoms. The first-order valence-electron chi connectivity index (χ1n) is 9.87. The molecule has 3 aromatic carbocycles. The number of aromatic nitrogens is 1. The Bertz CT molecular complexity index is 1160. The van der Waals surface area contributed by atoms with Gasteiger partial charge in [0.25, 0.3) is 0 Å². The zero-order valence-corrected chi connectivity index (χ0v) is 16.0. The van der Waals surface area contributed by atoms with Crippen molar-refractivity contribution in [3.63, 3.8) is 0 Å². The molecule has 0 radical (unpaired) electrons. The van der Waals surface area contributed by atoms with E-state index in [1.54, 1.807) is 0 Å². The van der Waals surface area contributed by atoms with Crippen LogP contribution in [0.15, 0.2) is 60.7 Å². The molecule has 0 bridgehead atoms. The van der Waals surface area contributed by atoms with E-state index in [9.17, 15) is 0 Å². The highest BCUT2D eigenvalue weighted by Crippen LogP contribution is 2.37. The molecule has 0 unspecified atom stereocenters. The zero-order chi connectivity index (χ0) is 18.4. The summed E-state index contributed by atoms with van der Waals surface area (Å²) in [4.78, 5) is 7.72. The van der Waals surface area contributed by atoms with Gasteiger partial charge in [0, 0.05) is 24.0 Å². The molecule has 4 aromatic rings. The standard InChI is InChI=1S/C25H24N2/c1-3-27-14-13-21-22(16-27)25(19-9-6-7-17(2)15-19)26-23-12-11-18-8-4-5-10-20(18)24(21)23/h4-12,15H,3,13-14,16H2,1-2H3. The Kier molecular flexibility index (Phi) is 3.95. The van der Waals surface area contributed by atoms with E-state index in [0.29, 0.717) is 0 Å². The van der Waals surface area contributed by atoms with Crippen molar-refractivity contribution in [3.05, 3.63) is 77.4 Å². The minimum absolute atomic E-state index is 0.987. The highest BCUT2D eigenvalue weighted by molar-refractivity contribution is 6.09. The van der Waals surface area contributed by atoms with E-state index >= 15 is 0 Å². The minimum atomic E-state index is 0.987. The van der Waals surface area contributed by atoms with Crippen LogP contribution in [-0.4, -0.2) is 23.0 Å². The molecule has 5 rings (SSSR count). The smallest absolute Gasteiger partial charge is 0.0757 e. The number of hydrogen-bond acceptors (Lipinski definition) is 2. The van der Waals surface area contributed by atoms with Gasteiger partial charge in [-0.1, -0.05) is 61.0 Å². The molecule has 0 spiro atoms. The molecule has 1 aromatic heterocycles. The lowest BCUT2D eigenvalue weighted by Crippen LogP contribution is -2.31. The summed E-state index contributed by atoms with van der Waals surface area (Å²) in [5, 5.41) is 3.99. The van der Waals surface area contributed by atoms with Crippen molar-refractivity contribution in [2.45, 2.75) is 26.8 Å². The molecule has 2 heterocycles. The van der Waals surface area contributed by atoms with E-state index in [4.69, 9.17) is 4.98 Å². The number of fused-ring (bicyclic) bond motifs is 5. The molecule has 0 saturated carbocycles. The van der Waals surface area contributed by atoms with Crippen LogP contribution < -0.4 is 0 Å². The largest absolute Gasteiger partial charge is 0.299 e. The fourth-order valence-corrected chi connectivity index (χ4v) is 4.47. The van der Waals surface area contributed by atoms with E-state index in [0.717, 1.165) is 37.3 Å². The average Bonchev–Trinajstić information content (AvgIpc) is 2.72. The quantitative estimate of drug-likeness (QED) is 0.428. The molecular formula is C25H24N2. The van der Waals surface area contributed by atoms with Crippen LogP contribution in [0.1, 0.15) is 23.6 Å². The lowest BCUT2D eigenvalue weighted by molar-refractivity contribution is 0.269. The summed E-state index contributed by atoms with van der Waals surface area (Å²) in [7, 11) is 0. The average molecular weight is 352 g/mol. The highest BCUT2D eigenvalue weighted by Gasteiger charge is 2.23. The molecule has 0 N–H and O–H groups in total. The van der Waals surface area contributed by atoms with Crippen molar-refractivity contribution in [1.29, 1.82) is 0 Å². The first-order chi connectivity index (χ1) is 13.2. The van der Waals surface area contributed by atoms with Gasteiger partial charge < -0.3 is 0 Å². The number of aryl methyl sites for hydroxylation is 1. The van der Waals surface area contributed by atoms with Gasteiger partial charge in [0.1, 0.15) is 0 Å². The molecular weight excluding hydrogens is 328 g/mol. The molecule has 134 valence electrons. The lowest BCUT2D eigenvalue weighted by Gasteiger charge is -2.30. The SMILES string of the molecule is CCN1CCc2c(c(-c3cccc(C)c3)nc3ccc4ccccc4c23)C1. The summed E-state index contributed by atoms with van der Waals surface area (Å²) in [6.45, 7) is 7.60. The number of rotatable bonds is 2. The van der Waals surface area contributed by atoms with Crippen LogP contribution in [-0.2, 0) is 13.0 Å². The van der Waals surface area contributed by atoms with E-state index in [1.165, 1.54) is 38.4 Å². The van der Waals surface area contributed by atoms with Gasteiger partial charge in [-0.25, -0.2) is 4.98 Å². The predicted octanol–water partition coefficient (Wildman–Crippen LogP) is 5.74. The summed E-state index contributed by atoms with van der Waals surface area (Å²) < 4.78 is 0. The number of likely N-dealkylation sites (N-methyl/N-ethyl adjacent to an activating group) is 1. The number of nitrogens with zero attached hydrogens (tertiary/aromatic N) is 2. The van der Waals surface area contributed by atoms with Gasteiger partial charge in [0.05, 0.1) is 11.2 Å². The van der Waals surface area contributed by atoms with E-state index in [2.05, 4.69) is 79.4 Å². The fraction of sp³-hybridized carbons (Fsp3) is 0.240. The molecule has 0 aliphatic carbocycles. The number of hydrogen-bond donors (Lipinski definition) is 0. The summed E-state index contributed by atoms with van der Waals surface area (Å²) in [5.41, 5.74) is 7.71. The highest BCUT2D eigenvalue weighted by atomic mass is 15.1. The number of pyridine rings is 1. The Morgan fingerprint density at radius 3 is 2.70 bits per heavy atom. The van der Waals surface area contributed by atoms with Gasteiger partial charge in [-0.3, -0.25) is 4.90 Å². The molecule has 1 aliphatic heterocycles. The molecule has 0 fully saturated rings. The van der Waals surface area contributed by atoms with Crippen LogP contribution >= 0.6 is 0 Å². The molecule has 1 aliphatic rings. The first-order valence-corrected chi connectivity index (χ1v) is 9.87. The van der Waals surface area contributed by atoms with Crippen LogP contribution in [0.25, 0.3) is 32.9 Å². The molecule has 2 nitrogen and oxygen atoms in total. The topological polar surface area (TPSA) is 16.1 Å². The minimum Gasteiger partial charge on any atom is -0.299 e. The maximum atomic E-state index is 5.19. The van der Waals surface area contributed by atoms with Gasteiger partial charge in [0.2, 0.25) is 0 Å². The van der Waals surface area contributed by atoms with Crippen molar-refractivity contribution >= 4 is 21.7 Å². The maximum absolute atomic E-state index is 5.19. The molecule has 0 saturated heterocycles. The van der Waals surface area contributed by atoms with Gasteiger partial charge in [-0.2, -0.15) is 0 Å². The van der Waals surface area contributed by atoms with Crippen molar-refractivity contribution in [2.75, 3.05) is 13.1 Å². The van der Waals surface area contributed by atoms with Crippen LogP contribution in [0.4, 0.5) is 0 Å². The van der Waals surface area contributed by atoms with Crippen LogP contribution in [0.5, 0.6) is 0 Å². The second-order valence-electron chi connectivity index (χ2n) is 7.59. The third-order valence-electron chi connectivity index (χ3n) is 5.89. The predicted molar refractivity (Wildman–Crippen MR) is 114 cm³/mol.